The van der Waals surface area contributed by atoms with E-state index in [9.17, 15) is 29.4 Å². The highest BCUT2D eigenvalue weighted by Gasteiger charge is 2.21. The molecule has 0 aromatic heterocycles. The molecule has 0 fully saturated rings. The Kier molecular flexibility index (Phi) is 7.31. The number of hydrogen-bond acceptors (Lipinski definition) is 6. The monoisotopic (exact) mass is 582 g/mol. The van der Waals surface area contributed by atoms with Gasteiger partial charge in [-0.15, -0.1) is 0 Å². The number of aromatic carboxylic acids is 2. The second-order valence-electron chi connectivity index (χ2n) is 9.94. The highest BCUT2D eigenvalue weighted by Crippen LogP contribution is 2.42. The Morgan fingerprint density at radius 1 is 0.500 bits per heavy atom. The second kappa shape index (κ2) is 11.5. The highest BCUT2D eigenvalue weighted by atomic mass is 17.2. The SMILES string of the molecule is O=Cc1cc(C(=O)O)ccc1-c1ccc2ccccc2c1OOc1c(-c2ccc(C(=O)O)cc2C=O)ccc2ccccc12. The fourth-order valence-corrected chi connectivity index (χ4v) is 5.25. The van der Waals surface area contributed by atoms with E-state index in [2.05, 4.69) is 0 Å². The summed E-state index contributed by atoms with van der Waals surface area (Å²) in [5, 5.41) is 21.9. The van der Waals surface area contributed by atoms with Gasteiger partial charge in [0.15, 0.2) is 24.1 Å². The van der Waals surface area contributed by atoms with Crippen LogP contribution in [0.4, 0.5) is 0 Å². The van der Waals surface area contributed by atoms with E-state index in [1.54, 1.807) is 24.3 Å². The van der Waals surface area contributed by atoms with Crippen molar-refractivity contribution in [2.45, 2.75) is 0 Å². The predicted molar refractivity (Wildman–Crippen MR) is 165 cm³/mol. The van der Waals surface area contributed by atoms with Crippen molar-refractivity contribution in [3.05, 3.63) is 131 Å². The first-order valence-electron chi connectivity index (χ1n) is 13.4. The third-order valence-corrected chi connectivity index (χ3v) is 7.40. The van der Waals surface area contributed by atoms with Crippen LogP contribution in [0.25, 0.3) is 43.8 Å². The predicted octanol–water partition coefficient (Wildman–Crippen LogP) is 7.72. The number of benzene rings is 6. The Morgan fingerprint density at radius 3 is 1.27 bits per heavy atom. The first-order chi connectivity index (χ1) is 21.4. The van der Waals surface area contributed by atoms with Crippen LogP contribution in [0.1, 0.15) is 41.4 Å². The minimum Gasteiger partial charge on any atom is -0.478 e. The maximum Gasteiger partial charge on any atom is 0.335 e. The lowest BCUT2D eigenvalue weighted by molar-refractivity contribution is -0.0957. The average molecular weight is 583 g/mol. The molecule has 214 valence electrons. The Hall–Kier alpha value is -6.28. The van der Waals surface area contributed by atoms with Crippen molar-refractivity contribution < 1.29 is 39.2 Å². The zero-order chi connectivity index (χ0) is 30.8. The standard InChI is InChI=1S/C36H22O8/c37-19-25-17-23(35(39)40)11-13-27(25)31-15-9-21-5-1-3-7-29(21)33(31)43-44-34-30-8-4-2-6-22(30)10-16-32(34)28-14-12-24(36(41)42)18-26(28)20-38/h1-20H,(H,39,40)(H,41,42). The van der Waals surface area contributed by atoms with Crippen LogP contribution in [0.2, 0.25) is 0 Å². The number of carbonyl (C=O) groups is 4. The van der Waals surface area contributed by atoms with Gasteiger partial charge < -0.3 is 10.2 Å². The summed E-state index contributed by atoms with van der Waals surface area (Å²) in [5.41, 5.74) is 2.12. The number of hydrogen-bond donors (Lipinski definition) is 2. The molecule has 6 rings (SSSR count). The van der Waals surface area contributed by atoms with Crippen molar-refractivity contribution in [2.75, 3.05) is 0 Å². The first-order valence-corrected chi connectivity index (χ1v) is 13.4. The van der Waals surface area contributed by atoms with E-state index >= 15 is 0 Å². The van der Waals surface area contributed by atoms with Gasteiger partial charge in [0.05, 0.1) is 11.1 Å². The Bertz CT molecular complexity index is 1980. The Balaban J connectivity index is 1.53. The zero-order valence-electron chi connectivity index (χ0n) is 22.9. The molecule has 0 heterocycles. The molecule has 2 N–H and O–H groups in total. The quantitative estimate of drug-likeness (QED) is 0.101. The molecule has 0 saturated heterocycles. The average Bonchev–Trinajstić information content (AvgIpc) is 3.06. The lowest BCUT2D eigenvalue weighted by atomic mass is 9.94. The van der Waals surface area contributed by atoms with E-state index in [1.165, 1.54) is 24.3 Å². The molecule has 0 saturated carbocycles. The molecule has 0 aliphatic heterocycles. The fraction of sp³-hybridized carbons (Fsp3) is 0. The summed E-state index contributed by atoms with van der Waals surface area (Å²) in [4.78, 5) is 59.6. The molecule has 0 aliphatic rings. The molecule has 8 heteroatoms. The molecule has 6 aromatic carbocycles. The van der Waals surface area contributed by atoms with Crippen LogP contribution in [0.5, 0.6) is 11.5 Å². The van der Waals surface area contributed by atoms with Crippen molar-refractivity contribution in [1.29, 1.82) is 0 Å². The topological polar surface area (TPSA) is 127 Å². The van der Waals surface area contributed by atoms with Crippen LogP contribution < -0.4 is 9.78 Å². The summed E-state index contributed by atoms with van der Waals surface area (Å²) in [6.07, 6.45) is 1.18. The van der Waals surface area contributed by atoms with E-state index in [0.717, 1.165) is 10.8 Å². The van der Waals surface area contributed by atoms with Crippen LogP contribution >= 0.6 is 0 Å². The number of rotatable bonds is 9. The second-order valence-corrected chi connectivity index (χ2v) is 9.94. The van der Waals surface area contributed by atoms with Crippen LogP contribution in [-0.2, 0) is 0 Å². The summed E-state index contributed by atoms with van der Waals surface area (Å²) in [5.74, 6) is -1.75. The minimum absolute atomic E-state index is 0.0318. The number of carboxylic acid groups (broad SMARTS) is 2. The maximum absolute atomic E-state index is 12.1. The highest BCUT2D eigenvalue weighted by molar-refractivity contribution is 6.02. The van der Waals surface area contributed by atoms with Gasteiger partial charge in [0.25, 0.3) is 0 Å². The lowest BCUT2D eigenvalue weighted by Gasteiger charge is -2.18. The van der Waals surface area contributed by atoms with Crippen molar-refractivity contribution in [3.63, 3.8) is 0 Å². The van der Waals surface area contributed by atoms with Gasteiger partial charge in [-0.1, -0.05) is 72.8 Å². The van der Waals surface area contributed by atoms with E-state index in [0.29, 0.717) is 45.6 Å². The largest absolute Gasteiger partial charge is 0.478 e. The molecule has 0 atom stereocenters. The number of carboxylic acids is 2. The molecule has 8 nitrogen and oxygen atoms in total. The van der Waals surface area contributed by atoms with Gasteiger partial charge >= 0.3 is 11.9 Å². The van der Waals surface area contributed by atoms with Gasteiger partial charge in [-0.2, -0.15) is 0 Å². The van der Waals surface area contributed by atoms with Gasteiger partial charge in [-0.3, -0.25) is 19.4 Å². The fourth-order valence-electron chi connectivity index (χ4n) is 5.25. The van der Waals surface area contributed by atoms with Crippen molar-refractivity contribution in [1.82, 2.24) is 0 Å². The van der Waals surface area contributed by atoms with Crippen molar-refractivity contribution in [3.8, 4) is 33.8 Å². The third kappa shape index (κ3) is 5.01. The molecule has 0 amide bonds. The molecule has 0 aliphatic carbocycles. The van der Waals surface area contributed by atoms with E-state index in [-0.39, 0.29) is 33.8 Å². The number of carbonyl (C=O) groups excluding carboxylic acids is 2. The number of aldehydes is 2. The molecule has 0 radical (unpaired) electrons. The third-order valence-electron chi connectivity index (χ3n) is 7.40. The lowest BCUT2D eigenvalue weighted by Crippen LogP contribution is -2.06. The minimum atomic E-state index is -1.16. The molecular weight excluding hydrogens is 560 g/mol. The maximum atomic E-state index is 12.1. The number of fused-ring (bicyclic) bond motifs is 2. The Labute approximate surface area is 250 Å². The summed E-state index contributed by atoms with van der Waals surface area (Å²) >= 11 is 0. The van der Waals surface area contributed by atoms with Crippen LogP contribution in [0.3, 0.4) is 0 Å². The molecule has 44 heavy (non-hydrogen) atoms. The molecule has 0 bridgehead atoms. The van der Waals surface area contributed by atoms with Gasteiger partial charge in [0.2, 0.25) is 0 Å². The molecule has 0 unspecified atom stereocenters. The van der Waals surface area contributed by atoms with Crippen molar-refractivity contribution in [2.24, 2.45) is 0 Å². The van der Waals surface area contributed by atoms with Gasteiger partial charge in [0, 0.05) is 33.0 Å². The summed E-state index contributed by atoms with van der Waals surface area (Å²) in [6, 6.07) is 30.6. The molecule has 0 spiro atoms. The van der Waals surface area contributed by atoms with Crippen LogP contribution in [0, 0.1) is 0 Å². The van der Waals surface area contributed by atoms with E-state index in [1.807, 2.05) is 60.7 Å². The van der Waals surface area contributed by atoms with Gasteiger partial charge in [-0.05, 0) is 58.3 Å². The van der Waals surface area contributed by atoms with E-state index < -0.39 is 11.9 Å². The summed E-state index contributed by atoms with van der Waals surface area (Å²) in [7, 11) is 0. The van der Waals surface area contributed by atoms with Crippen molar-refractivity contribution >= 4 is 46.1 Å². The van der Waals surface area contributed by atoms with Crippen LogP contribution in [-0.4, -0.2) is 34.7 Å². The van der Waals surface area contributed by atoms with Crippen LogP contribution in [0.15, 0.2) is 109 Å². The normalized spacial score (nSPS) is 10.8. The molecule has 6 aromatic rings. The Morgan fingerprint density at radius 2 is 0.886 bits per heavy atom. The zero-order valence-corrected chi connectivity index (χ0v) is 22.9. The van der Waals surface area contributed by atoms with Gasteiger partial charge in [-0.25, -0.2) is 9.59 Å². The van der Waals surface area contributed by atoms with Gasteiger partial charge in [0.1, 0.15) is 0 Å². The first kappa shape index (κ1) is 27.9. The summed E-state index contributed by atoms with van der Waals surface area (Å²) in [6.45, 7) is 0. The summed E-state index contributed by atoms with van der Waals surface area (Å²) < 4.78 is 0. The smallest absolute Gasteiger partial charge is 0.335 e. The molecular formula is C36H22O8. The van der Waals surface area contributed by atoms with E-state index in [4.69, 9.17) is 9.78 Å².